The molecule has 0 amide bonds. The summed E-state index contributed by atoms with van der Waals surface area (Å²) in [6.07, 6.45) is 0. The fourth-order valence-corrected chi connectivity index (χ4v) is 2.14. The predicted molar refractivity (Wildman–Crippen MR) is 50.9 cm³/mol. The molecule has 0 fully saturated rings. The van der Waals surface area contributed by atoms with Crippen LogP contribution in [0.25, 0.3) is 10.1 Å². The van der Waals surface area contributed by atoms with Crippen LogP contribution in [0.4, 0.5) is 10.1 Å². The van der Waals surface area contributed by atoms with Gasteiger partial charge in [-0.05, 0) is 12.1 Å². The van der Waals surface area contributed by atoms with Crippen molar-refractivity contribution in [2.24, 2.45) is 0 Å². The van der Waals surface area contributed by atoms with Gasteiger partial charge in [-0.2, -0.15) is 5.26 Å². The molecule has 0 unspecified atom stereocenters. The molecular formula is C9H5FN2S. The van der Waals surface area contributed by atoms with Crippen LogP contribution in [0.1, 0.15) is 5.56 Å². The molecule has 13 heavy (non-hydrogen) atoms. The summed E-state index contributed by atoms with van der Waals surface area (Å²) in [4.78, 5) is 0. The summed E-state index contributed by atoms with van der Waals surface area (Å²) < 4.78 is 13.7. The van der Waals surface area contributed by atoms with Gasteiger partial charge in [0.25, 0.3) is 0 Å². The van der Waals surface area contributed by atoms with Crippen LogP contribution >= 0.6 is 11.3 Å². The molecule has 2 rings (SSSR count). The number of nitriles is 1. The quantitative estimate of drug-likeness (QED) is 0.697. The molecule has 2 N–H and O–H groups in total. The molecule has 1 aromatic carbocycles. The van der Waals surface area contributed by atoms with Crippen molar-refractivity contribution in [1.29, 1.82) is 5.26 Å². The van der Waals surface area contributed by atoms with Gasteiger partial charge in [0.05, 0.1) is 10.4 Å². The standard InChI is InChI=1S/C9H5FN2S/c10-7-2-1-5-8(12)4-13-9(5)6(7)3-11/h1-2,4H,12H2. The van der Waals surface area contributed by atoms with Gasteiger partial charge in [-0.3, -0.25) is 0 Å². The maximum Gasteiger partial charge on any atom is 0.142 e. The van der Waals surface area contributed by atoms with Crippen molar-refractivity contribution in [1.82, 2.24) is 0 Å². The van der Waals surface area contributed by atoms with Gasteiger partial charge in [0.2, 0.25) is 0 Å². The molecular weight excluding hydrogens is 187 g/mol. The lowest BCUT2D eigenvalue weighted by atomic mass is 10.1. The van der Waals surface area contributed by atoms with E-state index in [0.717, 1.165) is 5.39 Å². The van der Waals surface area contributed by atoms with Crippen LogP contribution < -0.4 is 5.73 Å². The highest BCUT2D eigenvalue weighted by Crippen LogP contribution is 2.31. The first kappa shape index (κ1) is 8.02. The number of nitrogens with zero attached hydrogens (tertiary/aromatic N) is 1. The maximum absolute atomic E-state index is 13.1. The number of hydrogen-bond acceptors (Lipinski definition) is 3. The second kappa shape index (κ2) is 2.71. The maximum atomic E-state index is 13.1. The third-order valence-electron chi connectivity index (χ3n) is 1.83. The Morgan fingerprint density at radius 3 is 2.92 bits per heavy atom. The average molecular weight is 192 g/mol. The topological polar surface area (TPSA) is 49.8 Å². The van der Waals surface area contributed by atoms with Crippen molar-refractivity contribution in [3.8, 4) is 6.07 Å². The normalized spacial score (nSPS) is 10.2. The van der Waals surface area contributed by atoms with E-state index in [0.29, 0.717) is 10.4 Å². The van der Waals surface area contributed by atoms with Gasteiger partial charge in [0, 0.05) is 10.8 Å². The third-order valence-corrected chi connectivity index (χ3v) is 2.86. The Balaban J connectivity index is 2.95. The zero-order valence-electron chi connectivity index (χ0n) is 6.54. The molecule has 1 heterocycles. The van der Waals surface area contributed by atoms with Crippen molar-refractivity contribution in [3.05, 3.63) is 28.9 Å². The van der Waals surface area contributed by atoms with Gasteiger partial charge in [-0.15, -0.1) is 11.3 Å². The van der Waals surface area contributed by atoms with E-state index in [1.165, 1.54) is 17.4 Å². The first-order chi connectivity index (χ1) is 6.24. The molecule has 0 aliphatic heterocycles. The number of rotatable bonds is 0. The smallest absolute Gasteiger partial charge is 0.142 e. The molecule has 1 aromatic heterocycles. The number of nitrogen functional groups attached to an aromatic ring is 1. The number of fused-ring (bicyclic) bond motifs is 1. The summed E-state index contributed by atoms with van der Waals surface area (Å²) in [7, 11) is 0. The van der Waals surface area contributed by atoms with E-state index in [4.69, 9.17) is 11.0 Å². The van der Waals surface area contributed by atoms with Crippen molar-refractivity contribution in [2.45, 2.75) is 0 Å². The molecule has 0 spiro atoms. The molecule has 0 aliphatic rings. The lowest BCUT2D eigenvalue weighted by molar-refractivity contribution is 0.626. The summed E-state index contributed by atoms with van der Waals surface area (Å²) in [5, 5.41) is 11.2. The molecule has 0 bridgehead atoms. The van der Waals surface area contributed by atoms with Gasteiger partial charge in [-0.1, -0.05) is 0 Å². The number of anilines is 1. The third kappa shape index (κ3) is 1.05. The fourth-order valence-electron chi connectivity index (χ4n) is 1.20. The second-order valence-corrected chi connectivity index (χ2v) is 3.48. The minimum Gasteiger partial charge on any atom is -0.398 e. The largest absolute Gasteiger partial charge is 0.398 e. The number of benzene rings is 1. The summed E-state index contributed by atoms with van der Waals surface area (Å²) in [6, 6.07) is 4.69. The Hall–Kier alpha value is -1.60. The van der Waals surface area contributed by atoms with E-state index in [1.54, 1.807) is 11.4 Å². The van der Waals surface area contributed by atoms with Crippen LogP contribution in [0.2, 0.25) is 0 Å². The lowest BCUT2D eigenvalue weighted by Crippen LogP contribution is -1.85. The van der Waals surface area contributed by atoms with Crippen molar-refractivity contribution < 1.29 is 4.39 Å². The number of nitrogens with two attached hydrogens (primary N) is 1. The fraction of sp³-hybridized carbons (Fsp3) is 0. The van der Waals surface area contributed by atoms with Crippen molar-refractivity contribution >= 4 is 27.1 Å². The molecule has 0 saturated heterocycles. The first-order valence-corrected chi connectivity index (χ1v) is 4.47. The predicted octanol–water partition coefficient (Wildman–Crippen LogP) is 2.49. The molecule has 64 valence electrons. The Morgan fingerprint density at radius 2 is 2.23 bits per heavy atom. The van der Waals surface area contributed by atoms with E-state index in [9.17, 15) is 4.39 Å². The summed E-state index contributed by atoms with van der Waals surface area (Å²) >= 11 is 1.29. The van der Waals surface area contributed by atoms with Gasteiger partial charge < -0.3 is 5.73 Å². The first-order valence-electron chi connectivity index (χ1n) is 3.59. The van der Waals surface area contributed by atoms with E-state index in [2.05, 4.69) is 0 Å². The lowest BCUT2D eigenvalue weighted by Gasteiger charge is -1.95. The van der Waals surface area contributed by atoms with Crippen LogP contribution in [0.3, 0.4) is 0 Å². The van der Waals surface area contributed by atoms with Gasteiger partial charge in [0.15, 0.2) is 0 Å². The second-order valence-electron chi connectivity index (χ2n) is 2.60. The monoisotopic (exact) mass is 192 g/mol. The molecule has 0 aliphatic carbocycles. The Labute approximate surface area is 78.0 Å². The SMILES string of the molecule is N#Cc1c(F)ccc2c(N)csc12. The van der Waals surface area contributed by atoms with Crippen molar-refractivity contribution in [2.75, 3.05) is 5.73 Å². The van der Waals surface area contributed by atoms with Crippen LogP contribution in [-0.2, 0) is 0 Å². The Kier molecular flexibility index (Phi) is 1.67. The van der Waals surface area contributed by atoms with E-state index >= 15 is 0 Å². The van der Waals surface area contributed by atoms with E-state index in [-0.39, 0.29) is 5.56 Å². The minimum absolute atomic E-state index is 0.0826. The van der Waals surface area contributed by atoms with Crippen LogP contribution in [0.5, 0.6) is 0 Å². The highest BCUT2D eigenvalue weighted by atomic mass is 32.1. The Morgan fingerprint density at radius 1 is 1.46 bits per heavy atom. The van der Waals surface area contributed by atoms with E-state index in [1.807, 2.05) is 6.07 Å². The average Bonchev–Trinajstić information content (AvgIpc) is 2.48. The van der Waals surface area contributed by atoms with Gasteiger partial charge >= 0.3 is 0 Å². The molecule has 0 saturated carbocycles. The van der Waals surface area contributed by atoms with Crippen LogP contribution in [0.15, 0.2) is 17.5 Å². The van der Waals surface area contributed by atoms with E-state index < -0.39 is 5.82 Å². The van der Waals surface area contributed by atoms with Crippen LogP contribution in [0, 0.1) is 17.1 Å². The summed E-state index contributed by atoms with van der Waals surface area (Å²) in [5.41, 5.74) is 6.31. The summed E-state index contributed by atoms with van der Waals surface area (Å²) in [5.74, 6) is -0.489. The molecule has 0 radical (unpaired) electrons. The Bertz CT molecular complexity index is 510. The van der Waals surface area contributed by atoms with Gasteiger partial charge in [-0.25, -0.2) is 4.39 Å². The molecule has 0 atom stereocenters. The summed E-state index contributed by atoms with van der Waals surface area (Å²) in [6.45, 7) is 0. The highest BCUT2D eigenvalue weighted by molar-refractivity contribution is 7.18. The molecule has 2 aromatic rings. The highest BCUT2D eigenvalue weighted by Gasteiger charge is 2.09. The molecule has 2 nitrogen and oxygen atoms in total. The number of thiophene rings is 1. The van der Waals surface area contributed by atoms with Crippen LogP contribution in [-0.4, -0.2) is 0 Å². The number of hydrogen-bond donors (Lipinski definition) is 1. The van der Waals surface area contributed by atoms with Crippen molar-refractivity contribution in [3.63, 3.8) is 0 Å². The number of halogens is 1. The zero-order chi connectivity index (χ0) is 9.42. The zero-order valence-corrected chi connectivity index (χ0v) is 7.36. The molecule has 4 heteroatoms. The van der Waals surface area contributed by atoms with Gasteiger partial charge in [0.1, 0.15) is 17.4 Å². The minimum atomic E-state index is -0.489.